The lowest BCUT2D eigenvalue weighted by Gasteiger charge is -1.94. The average molecular weight is 252 g/mol. The first-order chi connectivity index (χ1) is 4.34. The van der Waals surface area contributed by atoms with Crippen molar-refractivity contribution >= 4 is 34.4 Å². The first-order valence-electron chi connectivity index (χ1n) is 2.34. The Bertz CT molecular complexity index is 204. The van der Waals surface area contributed by atoms with Gasteiger partial charge in [-0.1, -0.05) is 0 Å². The van der Waals surface area contributed by atoms with Gasteiger partial charge >= 0.3 is 0 Å². The lowest BCUT2D eigenvalue weighted by atomic mass is 10.7. The molecule has 0 aliphatic rings. The molecule has 0 unspecified atom stereocenters. The molecular weight excluding hydrogens is 247 g/mol. The SMILES string of the molecule is CSc1ncncc1I. The molecule has 9 heavy (non-hydrogen) atoms. The van der Waals surface area contributed by atoms with Crippen LogP contribution in [-0.4, -0.2) is 16.2 Å². The van der Waals surface area contributed by atoms with Gasteiger partial charge in [-0.3, -0.25) is 0 Å². The predicted octanol–water partition coefficient (Wildman–Crippen LogP) is 1.80. The molecule has 0 radical (unpaired) electrons. The van der Waals surface area contributed by atoms with Crippen LogP contribution in [0.4, 0.5) is 0 Å². The zero-order chi connectivity index (χ0) is 6.69. The van der Waals surface area contributed by atoms with Crippen molar-refractivity contribution in [2.75, 3.05) is 6.26 Å². The van der Waals surface area contributed by atoms with Crippen LogP contribution in [0.1, 0.15) is 0 Å². The van der Waals surface area contributed by atoms with Gasteiger partial charge in [0.2, 0.25) is 0 Å². The third-order valence-corrected chi connectivity index (χ3v) is 2.69. The van der Waals surface area contributed by atoms with Crippen molar-refractivity contribution in [3.8, 4) is 0 Å². The summed E-state index contributed by atoms with van der Waals surface area (Å²) in [6.45, 7) is 0. The maximum absolute atomic E-state index is 4.04. The normalized spacial score (nSPS) is 9.56. The third-order valence-electron chi connectivity index (χ3n) is 0.827. The number of aromatic nitrogens is 2. The number of thioether (sulfide) groups is 1. The molecule has 4 heteroatoms. The van der Waals surface area contributed by atoms with Gasteiger partial charge in [0.1, 0.15) is 11.4 Å². The smallest absolute Gasteiger partial charge is 0.116 e. The van der Waals surface area contributed by atoms with Crippen molar-refractivity contribution in [3.05, 3.63) is 16.1 Å². The Balaban J connectivity index is 3.01. The molecule has 1 aromatic heterocycles. The molecule has 1 heterocycles. The highest BCUT2D eigenvalue weighted by molar-refractivity contribution is 14.1. The van der Waals surface area contributed by atoms with Crippen molar-refractivity contribution in [2.45, 2.75) is 5.03 Å². The van der Waals surface area contributed by atoms with Crippen molar-refractivity contribution in [3.63, 3.8) is 0 Å². The highest BCUT2D eigenvalue weighted by Crippen LogP contribution is 2.16. The Labute approximate surface area is 71.6 Å². The summed E-state index contributed by atoms with van der Waals surface area (Å²) in [5.41, 5.74) is 0. The van der Waals surface area contributed by atoms with E-state index in [0.717, 1.165) is 8.60 Å². The zero-order valence-corrected chi connectivity index (χ0v) is 7.81. The van der Waals surface area contributed by atoms with E-state index in [-0.39, 0.29) is 0 Å². The van der Waals surface area contributed by atoms with Crippen LogP contribution < -0.4 is 0 Å². The van der Waals surface area contributed by atoms with E-state index < -0.39 is 0 Å². The average Bonchev–Trinajstić information content (AvgIpc) is 1.89. The predicted molar refractivity (Wildman–Crippen MR) is 46.5 cm³/mol. The molecule has 2 nitrogen and oxygen atoms in total. The Kier molecular flexibility index (Phi) is 2.71. The van der Waals surface area contributed by atoms with Gasteiger partial charge in [-0.15, -0.1) is 11.8 Å². The molecule has 0 fully saturated rings. The van der Waals surface area contributed by atoms with E-state index in [2.05, 4.69) is 32.6 Å². The van der Waals surface area contributed by atoms with E-state index in [9.17, 15) is 0 Å². The molecule has 1 aromatic rings. The number of hydrogen-bond donors (Lipinski definition) is 0. The maximum atomic E-state index is 4.04. The summed E-state index contributed by atoms with van der Waals surface area (Å²) < 4.78 is 1.11. The fourth-order valence-corrected chi connectivity index (χ4v) is 1.81. The molecule has 0 aliphatic carbocycles. The maximum Gasteiger partial charge on any atom is 0.116 e. The number of rotatable bonds is 1. The summed E-state index contributed by atoms with van der Waals surface area (Å²) in [6, 6.07) is 0. The van der Waals surface area contributed by atoms with Gasteiger partial charge in [-0.05, 0) is 28.8 Å². The highest BCUT2D eigenvalue weighted by atomic mass is 127. The summed E-state index contributed by atoms with van der Waals surface area (Å²) in [7, 11) is 0. The van der Waals surface area contributed by atoms with E-state index in [1.54, 1.807) is 24.3 Å². The molecule has 0 amide bonds. The Hall–Kier alpha value is 0.160. The van der Waals surface area contributed by atoms with E-state index in [1.165, 1.54) is 0 Å². The number of nitrogens with zero attached hydrogens (tertiary/aromatic N) is 2. The van der Waals surface area contributed by atoms with Crippen LogP contribution in [-0.2, 0) is 0 Å². The lowest BCUT2D eigenvalue weighted by molar-refractivity contribution is 1.03. The van der Waals surface area contributed by atoms with Gasteiger partial charge in [0.25, 0.3) is 0 Å². The van der Waals surface area contributed by atoms with E-state index in [4.69, 9.17) is 0 Å². The quantitative estimate of drug-likeness (QED) is 0.433. The molecule has 0 spiro atoms. The second-order valence-electron chi connectivity index (χ2n) is 1.38. The summed E-state index contributed by atoms with van der Waals surface area (Å²) in [6.07, 6.45) is 5.37. The molecule has 1 rings (SSSR count). The van der Waals surface area contributed by atoms with Crippen molar-refractivity contribution in [2.24, 2.45) is 0 Å². The summed E-state index contributed by atoms with van der Waals surface area (Å²) in [4.78, 5) is 7.90. The first-order valence-corrected chi connectivity index (χ1v) is 4.64. The van der Waals surface area contributed by atoms with Crippen molar-refractivity contribution in [1.29, 1.82) is 0 Å². The first kappa shape index (κ1) is 7.27. The molecule has 0 bridgehead atoms. The monoisotopic (exact) mass is 252 g/mol. The Morgan fingerprint density at radius 1 is 1.67 bits per heavy atom. The molecular formula is C5H5IN2S. The fourth-order valence-electron chi connectivity index (χ4n) is 0.452. The third kappa shape index (κ3) is 1.79. The van der Waals surface area contributed by atoms with Crippen LogP contribution in [0.15, 0.2) is 17.6 Å². The molecule has 48 valence electrons. The van der Waals surface area contributed by atoms with E-state index in [1.807, 2.05) is 6.26 Å². The van der Waals surface area contributed by atoms with E-state index in [0.29, 0.717) is 0 Å². The molecule has 0 aliphatic heterocycles. The summed E-state index contributed by atoms with van der Waals surface area (Å²) in [5, 5.41) is 1.05. The van der Waals surface area contributed by atoms with Crippen LogP contribution >= 0.6 is 34.4 Å². The van der Waals surface area contributed by atoms with Crippen LogP contribution in [0.2, 0.25) is 0 Å². The zero-order valence-electron chi connectivity index (χ0n) is 4.84. The van der Waals surface area contributed by atoms with E-state index >= 15 is 0 Å². The number of halogens is 1. The van der Waals surface area contributed by atoms with Crippen LogP contribution in [0.25, 0.3) is 0 Å². The Morgan fingerprint density at radius 3 is 2.89 bits per heavy atom. The van der Waals surface area contributed by atoms with Crippen LogP contribution in [0, 0.1) is 3.57 Å². The Morgan fingerprint density at radius 2 is 2.44 bits per heavy atom. The van der Waals surface area contributed by atoms with Crippen molar-refractivity contribution < 1.29 is 0 Å². The van der Waals surface area contributed by atoms with Gasteiger partial charge in [-0.25, -0.2) is 9.97 Å². The molecule has 0 saturated carbocycles. The van der Waals surface area contributed by atoms with Gasteiger partial charge in [0.15, 0.2) is 0 Å². The summed E-state index contributed by atoms with van der Waals surface area (Å²) in [5.74, 6) is 0. The molecule has 0 N–H and O–H groups in total. The molecule has 0 aromatic carbocycles. The minimum atomic E-state index is 1.05. The van der Waals surface area contributed by atoms with Crippen molar-refractivity contribution in [1.82, 2.24) is 9.97 Å². The molecule has 0 saturated heterocycles. The topological polar surface area (TPSA) is 25.8 Å². The minimum absolute atomic E-state index is 1.05. The second-order valence-corrected chi connectivity index (χ2v) is 3.34. The second kappa shape index (κ2) is 3.36. The highest BCUT2D eigenvalue weighted by Gasteiger charge is 1.95. The molecule has 0 atom stereocenters. The number of hydrogen-bond acceptors (Lipinski definition) is 3. The van der Waals surface area contributed by atoms with Gasteiger partial charge in [0, 0.05) is 6.20 Å². The van der Waals surface area contributed by atoms with Gasteiger partial charge in [-0.2, -0.15) is 0 Å². The standard InChI is InChI=1S/C5H5IN2S/c1-9-5-4(6)2-7-3-8-5/h2-3H,1H3. The largest absolute Gasteiger partial charge is 0.244 e. The fraction of sp³-hybridized carbons (Fsp3) is 0.200. The lowest BCUT2D eigenvalue weighted by Crippen LogP contribution is -1.84. The van der Waals surface area contributed by atoms with Gasteiger partial charge < -0.3 is 0 Å². The van der Waals surface area contributed by atoms with Crippen LogP contribution in [0.3, 0.4) is 0 Å². The minimum Gasteiger partial charge on any atom is -0.244 e. The van der Waals surface area contributed by atoms with Crippen LogP contribution in [0.5, 0.6) is 0 Å². The van der Waals surface area contributed by atoms with Gasteiger partial charge in [0.05, 0.1) is 3.57 Å². The summed E-state index contributed by atoms with van der Waals surface area (Å²) >= 11 is 3.85.